The van der Waals surface area contributed by atoms with E-state index in [2.05, 4.69) is 21.1 Å². The van der Waals surface area contributed by atoms with Crippen molar-refractivity contribution in [2.24, 2.45) is 0 Å². The number of rotatable bonds is 7. The molecular formula is C11H26ClNO7. The van der Waals surface area contributed by atoms with Crippen LogP contribution < -0.4 is 12.4 Å². The molecule has 6 N–H and O–H groups in total. The van der Waals surface area contributed by atoms with Crippen LogP contribution in [0.1, 0.15) is 0 Å². The normalized spacial score (nSPS) is 16.9. The summed E-state index contributed by atoms with van der Waals surface area (Å²) in [7, 11) is 6.16. The molecule has 8 nitrogen and oxygen atoms in total. The van der Waals surface area contributed by atoms with Crippen LogP contribution in [-0.2, 0) is 4.79 Å². The highest BCUT2D eigenvalue weighted by atomic mass is 35.5. The van der Waals surface area contributed by atoms with Crippen LogP contribution in [0.5, 0.6) is 0 Å². The van der Waals surface area contributed by atoms with E-state index in [-0.39, 0.29) is 25.3 Å². The standard InChI is InChI=1S/C6H12O6.C5H14NO.ClH/c7-1-3(9)5(11)6(12)4(10)2-8;1-6(2,3)4-5-7;/h1,3-6,8-12H,2H2;7H,4-5H2,1-3H3;1H/q;+1;/p-1/t3-,4+,5+,6+;;/m0../s1. The number of nitrogens with zero attached hydrogens (tertiary/aromatic N) is 1. The third-order valence-corrected chi connectivity index (χ3v) is 2.19. The zero-order chi connectivity index (χ0) is 15.6. The van der Waals surface area contributed by atoms with E-state index in [4.69, 9.17) is 30.6 Å². The number of aliphatic hydroxyl groups is 6. The Morgan fingerprint density at radius 3 is 1.65 bits per heavy atom. The molecule has 0 radical (unpaired) electrons. The third-order valence-electron chi connectivity index (χ3n) is 2.19. The average molecular weight is 320 g/mol. The van der Waals surface area contributed by atoms with Crippen molar-refractivity contribution in [1.82, 2.24) is 0 Å². The molecule has 0 amide bonds. The second-order valence-electron chi connectivity index (χ2n) is 5.10. The summed E-state index contributed by atoms with van der Waals surface area (Å²) < 4.78 is 0.844. The fourth-order valence-electron chi connectivity index (χ4n) is 0.918. The van der Waals surface area contributed by atoms with Crippen LogP contribution in [0, 0.1) is 0 Å². The van der Waals surface area contributed by atoms with Gasteiger partial charge in [-0.05, 0) is 0 Å². The number of quaternary nitrogens is 1. The third kappa shape index (κ3) is 12.7. The molecule has 0 fully saturated rings. The van der Waals surface area contributed by atoms with Crippen molar-refractivity contribution in [3.05, 3.63) is 0 Å². The summed E-state index contributed by atoms with van der Waals surface area (Å²) in [5, 5.41) is 51.9. The van der Waals surface area contributed by atoms with Gasteiger partial charge < -0.3 is 52.3 Å². The highest BCUT2D eigenvalue weighted by Crippen LogP contribution is 2.02. The summed E-state index contributed by atoms with van der Waals surface area (Å²) >= 11 is 0. The van der Waals surface area contributed by atoms with Gasteiger partial charge in [0.15, 0.2) is 6.29 Å². The van der Waals surface area contributed by atoms with Crippen LogP contribution in [0.3, 0.4) is 0 Å². The van der Waals surface area contributed by atoms with Crippen LogP contribution in [0.15, 0.2) is 0 Å². The Morgan fingerprint density at radius 1 is 1.00 bits per heavy atom. The maximum Gasteiger partial charge on any atom is 0.151 e. The predicted octanol–water partition coefficient (Wildman–Crippen LogP) is -6.69. The first-order chi connectivity index (χ1) is 8.60. The van der Waals surface area contributed by atoms with Crippen molar-refractivity contribution < 1.29 is 52.3 Å². The van der Waals surface area contributed by atoms with E-state index < -0.39 is 31.0 Å². The van der Waals surface area contributed by atoms with E-state index in [1.54, 1.807) is 0 Å². The van der Waals surface area contributed by atoms with Crippen molar-refractivity contribution in [2.45, 2.75) is 24.4 Å². The van der Waals surface area contributed by atoms with Gasteiger partial charge in [-0.1, -0.05) is 0 Å². The Bertz CT molecular complexity index is 237. The number of carbonyl (C=O) groups excluding carboxylic acids is 1. The molecule has 0 heterocycles. The smallest absolute Gasteiger partial charge is 0.151 e. The molecule has 4 atom stereocenters. The molecule has 0 rings (SSSR count). The zero-order valence-corrected chi connectivity index (χ0v) is 12.7. The van der Waals surface area contributed by atoms with Gasteiger partial charge >= 0.3 is 0 Å². The fraction of sp³-hybridized carbons (Fsp3) is 0.909. The fourth-order valence-corrected chi connectivity index (χ4v) is 0.918. The average Bonchev–Trinajstić information content (AvgIpc) is 2.34. The topological polar surface area (TPSA) is 138 Å². The first-order valence-electron chi connectivity index (χ1n) is 5.80. The molecule has 0 aliphatic rings. The number of aldehydes is 1. The summed E-state index contributed by atoms with van der Waals surface area (Å²) in [5.74, 6) is 0. The molecule has 0 aromatic rings. The molecule has 0 unspecified atom stereocenters. The molecule has 20 heavy (non-hydrogen) atoms. The number of likely N-dealkylation sites (N-methyl/N-ethyl adjacent to an activating group) is 1. The summed E-state index contributed by atoms with van der Waals surface area (Å²) in [5.41, 5.74) is 0. The van der Waals surface area contributed by atoms with Gasteiger partial charge in [-0.25, -0.2) is 0 Å². The Kier molecular flexibility index (Phi) is 15.3. The molecule has 0 saturated carbocycles. The minimum Gasteiger partial charge on any atom is -1.00 e. The quantitative estimate of drug-likeness (QED) is 0.202. The van der Waals surface area contributed by atoms with E-state index in [1.165, 1.54) is 0 Å². The SMILES string of the molecule is C[N+](C)(C)CCO.O=C[C@H](O)[C@@H](O)[C@H](O)[C@H](O)CO.[Cl-]. The molecular weight excluding hydrogens is 294 g/mol. The Hall–Kier alpha value is -0.320. The molecule has 0 spiro atoms. The summed E-state index contributed by atoms with van der Waals surface area (Å²) in [6.07, 6.45) is -6.84. The minimum atomic E-state index is -1.79. The summed E-state index contributed by atoms with van der Waals surface area (Å²) in [4.78, 5) is 9.90. The van der Waals surface area contributed by atoms with Gasteiger partial charge in [0.25, 0.3) is 0 Å². The summed E-state index contributed by atoms with van der Waals surface area (Å²) in [6.45, 7) is 0.354. The molecule has 0 aromatic heterocycles. The van der Waals surface area contributed by atoms with Crippen molar-refractivity contribution in [2.75, 3.05) is 40.9 Å². The first-order valence-corrected chi connectivity index (χ1v) is 5.80. The monoisotopic (exact) mass is 319 g/mol. The maximum atomic E-state index is 9.90. The number of carbonyl (C=O) groups is 1. The van der Waals surface area contributed by atoms with E-state index >= 15 is 0 Å². The lowest BCUT2D eigenvalue weighted by Crippen LogP contribution is -3.00. The van der Waals surface area contributed by atoms with E-state index in [0.29, 0.717) is 0 Å². The minimum absolute atomic E-state index is 0. The first kappa shape index (κ1) is 24.7. The van der Waals surface area contributed by atoms with Crippen LogP contribution in [-0.4, -0.2) is 107 Å². The predicted molar refractivity (Wildman–Crippen MR) is 67.2 cm³/mol. The van der Waals surface area contributed by atoms with Crippen LogP contribution >= 0.6 is 0 Å². The second kappa shape index (κ2) is 12.4. The lowest BCUT2D eigenvalue weighted by atomic mass is 10.0. The van der Waals surface area contributed by atoms with Gasteiger partial charge in [-0.2, -0.15) is 0 Å². The van der Waals surface area contributed by atoms with E-state index in [1.807, 2.05) is 0 Å². The number of hydrogen-bond acceptors (Lipinski definition) is 7. The van der Waals surface area contributed by atoms with Gasteiger partial charge in [0.1, 0.15) is 31.0 Å². The summed E-state index contributed by atoms with van der Waals surface area (Å²) in [6, 6.07) is 0. The highest BCUT2D eigenvalue weighted by molar-refractivity contribution is 5.56. The second-order valence-corrected chi connectivity index (χ2v) is 5.10. The Balaban J connectivity index is -0.000000312. The Morgan fingerprint density at radius 2 is 1.45 bits per heavy atom. The largest absolute Gasteiger partial charge is 1.00 e. The van der Waals surface area contributed by atoms with Crippen molar-refractivity contribution in [3.63, 3.8) is 0 Å². The molecule has 0 aromatic carbocycles. The van der Waals surface area contributed by atoms with Gasteiger partial charge in [0.2, 0.25) is 0 Å². The number of aliphatic hydroxyl groups excluding tert-OH is 6. The molecule has 0 saturated heterocycles. The van der Waals surface area contributed by atoms with E-state index in [0.717, 1.165) is 11.0 Å². The molecule has 124 valence electrons. The van der Waals surface area contributed by atoms with Gasteiger partial charge in [0.05, 0.1) is 34.4 Å². The van der Waals surface area contributed by atoms with Gasteiger partial charge in [0, 0.05) is 0 Å². The Labute approximate surface area is 124 Å². The van der Waals surface area contributed by atoms with Gasteiger partial charge in [-0.3, -0.25) is 0 Å². The molecule has 9 heteroatoms. The molecule has 0 aliphatic heterocycles. The van der Waals surface area contributed by atoms with Crippen molar-refractivity contribution in [1.29, 1.82) is 0 Å². The van der Waals surface area contributed by atoms with Crippen molar-refractivity contribution >= 4 is 6.29 Å². The zero-order valence-electron chi connectivity index (χ0n) is 11.9. The van der Waals surface area contributed by atoms with Crippen LogP contribution in [0.2, 0.25) is 0 Å². The number of hydrogen-bond donors (Lipinski definition) is 6. The highest BCUT2D eigenvalue weighted by Gasteiger charge is 2.29. The van der Waals surface area contributed by atoms with Crippen molar-refractivity contribution in [3.8, 4) is 0 Å². The molecule has 0 bridgehead atoms. The molecule has 0 aliphatic carbocycles. The maximum absolute atomic E-state index is 9.90. The van der Waals surface area contributed by atoms with E-state index in [9.17, 15) is 4.79 Å². The van der Waals surface area contributed by atoms with Crippen LogP contribution in [0.25, 0.3) is 0 Å². The lowest BCUT2D eigenvalue weighted by molar-refractivity contribution is -0.870. The lowest BCUT2D eigenvalue weighted by Gasteiger charge is -2.22. The van der Waals surface area contributed by atoms with Crippen LogP contribution in [0.4, 0.5) is 0 Å². The van der Waals surface area contributed by atoms with Gasteiger partial charge in [-0.15, -0.1) is 0 Å². The number of halogens is 1.